The van der Waals surface area contributed by atoms with E-state index in [2.05, 4.69) is 49.1 Å². The molecule has 12 heteroatoms. The van der Waals surface area contributed by atoms with Gasteiger partial charge < -0.3 is 9.84 Å². The maximum atomic E-state index is 13.3. The van der Waals surface area contributed by atoms with E-state index in [1.807, 2.05) is 13.0 Å². The molecule has 8 nitrogen and oxygen atoms in total. The number of carbonyl (C=O) groups excluding carboxylic acids is 2. The molecule has 2 saturated carbocycles. The number of benzene rings is 1. The summed E-state index contributed by atoms with van der Waals surface area (Å²) in [4.78, 5) is 49.9. The number of amides is 1. The van der Waals surface area contributed by atoms with Crippen LogP contribution in [-0.4, -0.2) is 26.5 Å². The lowest BCUT2D eigenvalue weighted by Crippen LogP contribution is -2.44. The number of nitrogens with zero attached hydrogens (tertiary/aromatic N) is 1. The van der Waals surface area contributed by atoms with Gasteiger partial charge in [0.05, 0.1) is 8.95 Å². The Kier molecular flexibility index (Phi) is 7.53. The molecule has 5 rings (SSSR count). The molecule has 1 aromatic heterocycles. The molecule has 0 aliphatic heterocycles. The third-order valence-corrected chi connectivity index (χ3v) is 11.2. The molecule has 2 aromatic rings. The number of nitrogens with one attached hydrogen (secondary N) is 1. The predicted octanol–water partition coefficient (Wildman–Crippen LogP) is 6.52. The van der Waals surface area contributed by atoms with Gasteiger partial charge in [0.2, 0.25) is 5.91 Å². The summed E-state index contributed by atoms with van der Waals surface area (Å²) in [5, 5.41) is 3.49. The van der Waals surface area contributed by atoms with E-state index in [1.54, 1.807) is 6.20 Å². The standard InChI is InChI=1S/C25H29Br2N2O6PS/c1-12-11-28-24(37-12)29-20(31)6-3-13-9-19(30)25(2)8-7-14-15(21(13)25)4-5-16-17(14)10-18(26)23(22(16)27)35-36(32,33)34/h10-11,13-15,21H,3-9H2,1-2H3,(H,28,29,31)(H2,32,33,34)/t13-,14?,15?,21?,25-/m1/s1. The van der Waals surface area contributed by atoms with Crippen molar-refractivity contribution < 1.29 is 28.5 Å². The van der Waals surface area contributed by atoms with Gasteiger partial charge in [0, 0.05) is 29.3 Å². The molecule has 3 aliphatic rings. The lowest BCUT2D eigenvalue weighted by molar-refractivity contribution is -0.129. The van der Waals surface area contributed by atoms with Crippen molar-refractivity contribution in [1.29, 1.82) is 0 Å². The van der Waals surface area contributed by atoms with Gasteiger partial charge in [-0.25, -0.2) is 9.55 Å². The number of aryl methyl sites for hydroxylation is 1. The first-order chi connectivity index (χ1) is 17.4. The number of fused-ring (bicyclic) bond motifs is 5. The van der Waals surface area contributed by atoms with Crippen LogP contribution >= 0.6 is 51.0 Å². The lowest BCUT2D eigenvalue weighted by Gasteiger charge is -2.50. The zero-order valence-corrected chi connectivity index (χ0v) is 25.4. The minimum Gasteiger partial charge on any atom is -0.402 e. The molecule has 2 fully saturated rings. The fraction of sp³-hybridized carbons (Fsp3) is 0.560. The van der Waals surface area contributed by atoms with Gasteiger partial charge in [-0.3, -0.25) is 19.4 Å². The predicted molar refractivity (Wildman–Crippen MR) is 148 cm³/mol. The molecular formula is C25H29Br2N2O6PS. The van der Waals surface area contributed by atoms with Gasteiger partial charge in [0.15, 0.2) is 10.9 Å². The monoisotopic (exact) mass is 674 g/mol. The summed E-state index contributed by atoms with van der Waals surface area (Å²) in [5.41, 5.74) is 1.78. The average Bonchev–Trinajstić information content (AvgIpc) is 3.33. The number of aromatic nitrogens is 1. The number of hydrogen-bond donors (Lipinski definition) is 3. The Bertz CT molecular complexity index is 1310. The SMILES string of the molecule is Cc1cnc(NC(=O)CC[C@@H]2CC(=O)[C@@]3(C)CCC4c5cc(Br)c(OP(=O)(O)O)c(Br)c5CCC4C23)s1. The van der Waals surface area contributed by atoms with Crippen molar-refractivity contribution in [2.75, 3.05) is 5.32 Å². The van der Waals surface area contributed by atoms with Gasteiger partial charge in [-0.15, -0.1) is 11.3 Å². The van der Waals surface area contributed by atoms with Crippen LogP contribution in [0.2, 0.25) is 0 Å². The number of rotatable bonds is 6. The van der Waals surface area contributed by atoms with E-state index in [4.69, 9.17) is 4.52 Å². The molecule has 37 heavy (non-hydrogen) atoms. The maximum absolute atomic E-state index is 13.3. The summed E-state index contributed by atoms with van der Waals surface area (Å²) in [5.74, 6) is 1.25. The molecule has 1 aromatic carbocycles. The van der Waals surface area contributed by atoms with Crippen molar-refractivity contribution in [3.8, 4) is 5.75 Å². The van der Waals surface area contributed by atoms with Crippen LogP contribution in [0.15, 0.2) is 21.2 Å². The molecule has 0 bridgehead atoms. The number of halogens is 2. The summed E-state index contributed by atoms with van der Waals surface area (Å²) >= 11 is 8.45. The van der Waals surface area contributed by atoms with Crippen molar-refractivity contribution in [1.82, 2.24) is 4.98 Å². The van der Waals surface area contributed by atoms with Crippen LogP contribution in [-0.2, 0) is 20.6 Å². The van der Waals surface area contributed by atoms with Gasteiger partial charge in [0.25, 0.3) is 0 Å². The highest BCUT2D eigenvalue weighted by Gasteiger charge is 2.58. The van der Waals surface area contributed by atoms with Crippen molar-refractivity contribution >= 4 is 67.8 Å². The summed E-state index contributed by atoms with van der Waals surface area (Å²) in [7, 11) is -4.72. The molecule has 0 radical (unpaired) electrons. The zero-order valence-electron chi connectivity index (χ0n) is 20.5. The minimum atomic E-state index is -4.72. The van der Waals surface area contributed by atoms with E-state index in [0.29, 0.717) is 45.0 Å². The van der Waals surface area contributed by atoms with Crippen LogP contribution in [0.5, 0.6) is 5.75 Å². The number of phosphoric acid groups is 1. The topological polar surface area (TPSA) is 126 Å². The first-order valence-corrected chi connectivity index (χ1v) is 16.3. The molecule has 3 N–H and O–H groups in total. The van der Waals surface area contributed by atoms with E-state index in [0.717, 1.165) is 41.7 Å². The molecule has 0 spiro atoms. The second-order valence-corrected chi connectivity index (χ2v) is 14.7. The number of thiazole rings is 1. The van der Waals surface area contributed by atoms with E-state index in [-0.39, 0.29) is 34.8 Å². The van der Waals surface area contributed by atoms with Gasteiger partial charge in [-0.05, 0) is 112 Å². The Hall–Kier alpha value is -1.10. The largest absolute Gasteiger partial charge is 0.524 e. The van der Waals surface area contributed by atoms with Crippen LogP contribution < -0.4 is 9.84 Å². The molecule has 3 unspecified atom stereocenters. The minimum absolute atomic E-state index is 0.0674. The summed E-state index contributed by atoms with van der Waals surface area (Å²) < 4.78 is 17.5. The molecule has 3 aliphatic carbocycles. The van der Waals surface area contributed by atoms with Gasteiger partial charge in [0.1, 0.15) is 5.78 Å². The van der Waals surface area contributed by atoms with Crippen molar-refractivity contribution in [2.24, 2.45) is 23.2 Å². The molecule has 200 valence electrons. The summed E-state index contributed by atoms with van der Waals surface area (Å²) in [6.45, 7) is 4.07. The average molecular weight is 676 g/mol. The number of carbonyl (C=O) groups is 2. The fourth-order valence-electron chi connectivity index (χ4n) is 7.07. The summed E-state index contributed by atoms with van der Waals surface area (Å²) in [6.07, 6.45) is 6.56. The number of anilines is 1. The van der Waals surface area contributed by atoms with Crippen LogP contribution in [0, 0.1) is 30.1 Å². The van der Waals surface area contributed by atoms with Crippen molar-refractivity contribution in [3.05, 3.63) is 37.2 Å². The van der Waals surface area contributed by atoms with Crippen LogP contribution in [0.1, 0.15) is 67.4 Å². The quantitative estimate of drug-likeness (QED) is 0.298. The fourth-order valence-corrected chi connectivity index (χ4v) is 9.94. The highest BCUT2D eigenvalue weighted by atomic mass is 79.9. The third-order valence-electron chi connectivity index (χ3n) is 8.54. The normalized spacial score (nSPS) is 28.9. The maximum Gasteiger partial charge on any atom is 0.524 e. The van der Waals surface area contributed by atoms with Crippen molar-refractivity contribution in [3.63, 3.8) is 0 Å². The van der Waals surface area contributed by atoms with Gasteiger partial charge in [-0.2, -0.15) is 0 Å². The van der Waals surface area contributed by atoms with E-state index >= 15 is 0 Å². The van der Waals surface area contributed by atoms with Gasteiger partial charge in [-0.1, -0.05) is 6.92 Å². The van der Waals surface area contributed by atoms with E-state index < -0.39 is 7.82 Å². The molecule has 1 amide bonds. The van der Waals surface area contributed by atoms with Crippen LogP contribution in [0.25, 0.3) is 0 Å². The van der Waals surface area contributed by atoms with Crippen molar-refractivity contribution in [2.45, 2.75) is 64.7 Å². The molecular weight excluding hydrogens is 647 g/mol. The molecule has 5 atom stereocenters. The number of hydrogen-bond acceptors (Lipinski definition) is 6. The Labute approximate surface area is 236 Å². The number of Topliss-reactive ketones (excluding diaryl/α,β-unsaturated/α-hetero) is 1. The van der Waals surface area contributed by atoms with Crippen LogP contribution in [0.3, 0.4) is 0 Å². The Morgan fingerprint density at radius 2 is 2.11 bits per heavy atom. The first-order valence-electron chi connectivity index (χ1n) is 12.4. The highest BCUT2D eigenvalue weighted by molar-refractivity contribution is 9.11. The smallest absolute Gasteiger partial charge is 0.402 e. The van der Waals surface area contributed by atoms with Gasteiger partial charge >= 0.3 is 7.82 Å². The Morgan fingerprint density at radius 3 is 2.78 bits per heavy atom. The second kappa shape index (κ2) is 10.1. The van der Waals surface area contributed by atoms with E-state index in [1.165, 1.54) is 11.3 Å². The third kappa shape index (κ3) is 5.24. The lowest BCUT2D eigenvalue weighted by atomic mass is 9.54. The zero-order chi connectivity index (χ0) is 26.7. The summed E-state index contributed by atoms with van der Waals surface area (Å²) in [6, 6.07) is 1.93. The Morgan fingerprint density at radius 1 is 1.35 bits per heavy atom. The highest BCUT2D eigenvalue weighted by Crippen LogP contribution is 2.63. The molecule has 1 heterocycles. The van der Waals surface area contributed by atoms with E-state index in [9.17, 15) is 23.9 Å². The number of phosphoric ester groups is 1. The second-order valence-electron chi connectivity index (χ2n) is 10.7. The Balaban J connectivity index is 1.38. The van der Waals surface area contributed by atoms with Crippen LogP contribution in [0.4, 0.5) is 5.13 Å². The number of ketones is 1. The first kappa shape index (κ1) is 27.5. The molecule has 0 saturated heterocycles.